The van der Waals surface area contributed by atoms with Crippen LogP contribution in [0.3, 0.4) is 0 Å². The molecule has 1 fully saturated rings. The summed E-state index contributed by atoms with van der Waals surface area (Å²) in [5.41, 5.74) is 1.10. The summed E-state index contributed by atoms with van der Waals surface area (Å²) in [4.78, 5) is 27.3. The van der Waals surface area contributed by atoms with Crippen molar-refractivity contribution < 1.29 is 14.3 Å². The topological polar surface area (TPSA) is 72.4 Å². The highest BCUT2D eigenvalue weighted by Gasteiger charge is 2.22. The van der Waals surface area contributed by atoms with Crippen molar-refractivity contribution in [3.8, 4) is 5.88 Å². The molecule has 22 heavy (non-hydrogen) atoms. The Hall–Kier alpha value is -2.24. The minimum absolute atomic E-state index is 0.250. The predicted octanol–water partition coefficient (Wildman–Crippen LogP) is 2.31. The van der Waals surface area contributed by atoms with Crippen molar-refractivity contribution in [1.29, 1.82) is 0 Å². The first kappa shape index (κ1) is 16.1. The summed E-state index contributed by atoms with van der Waals surface area (Å²) in [7, 11) is 0. The van der Waals surface area contributed by atoms with Crippen LogP contribution >= 0.6 is 11.3 Å². The number of anilines is 1. The third-order valence-corrected chi connectivity index (χ3v) is 4.26. The first-order valence-corrected chi connectivity index (χ1v) is 7.85. The van der Waals surface area contributed by atoms with Gasteiger partial charge in [0.15, 0.2) is 5.13 Å². The van der Waals surface area contributed by atoms with Crippen LogP contribution in [0, 0.1) is 6.92 Å². The van der Waals surface area contributed by atoms with Crippen LogP contribution in [-0.2, 0) is 9.59 Å². The molecule has 3 rings (SSSR count). The monoisotopic (exact) mass is 319 g/mol. The Bertz CT molecular complexity index is 604. The first-order valence-electron chi connectivity index (χ1n) is 6.97. The molecule has 2 aromatic rings. The molecule has 0 amide bonds. The van der Waals surface area contributed by atoms with Gasteiger partial charge in [-0.15, -0.1) is 11.3 Å². The van der Waals surface area contributed by atoms with Gasteiger partial charge >= 0.3 is 6.15 Å². The lowest BCUT2D eigenvalue weighted by Crippen LogP contribution is -2.38. The maximum atomic E-state index is 8.12. The van der Waals surface area contributed by atoms with Gasteiger partial charge in [-0.25, -0.2) is 9.97 Å². The van der Waals surface area contributed by atoms with Gasteiger partial charge in [-0.3, -0.25) is 0 Å². The van der Waals surface area contributed by atoms with Crippen molar-refractivity contribution in [3.05, 3.63) is 35.5 Å². The van der Waals surface area contributed by atoms with Gasteiger partial charge in [-0.2, -0.15) is 9.59 Å². The molecule has 1 saturated heterocycles. The third kappa shape index (κ3) is 4.65. The summed E-state index contributed by atoms with van der Waals surface area (Å²) in [6.45, 7) is 4.05. The molecule has 0 bridgehead atoms. The summed E-state index contributed by atoms with van der Waals surface area (Å²) in [6.07, 6.45) is 4.33. The van der Waals surface area contributed by atoms with Crippen molar-refractivity contribution in [2.75, 3.05) is 18.0 Å². The highest BCUT2D eigenvalue weighted by Crippen LogP contribution is 2.25. The van der Waals surface area contributed by atoms with Crippen LogP contribution in [0.1, 0.15) is 18.5 Å². The highest BCUT2D eigenvalue weighted by molar-refractivity contribution is 7.13. The lowest BCUT2D eigenvalue weighted by Gasteiger charge is -2.31. The first-order chi connectivity index (χ1) is 10.7. The number of carbonyl (C=O) groups excluding carboxylic acids is 2. The lowest BCUT2D eigenvalue weighted by molar-refractivity contribution is -0.191. The normalized spacial score (nSPS) is 14.7. The zero-order chi connectivity index (χ0) is 15.8. The van der Waals surface area contributed by atoms with E-state index >= 15 is 0 Å². The molecule has 0 radical (unpaired) electrons. The van der Waals surface area contributed by atoms with Gasteiger partial charge in [0, 0.05) is 43.6 Å². The Balaban J connectivity index is 0.000000545. The molecule has 116 valence electrons. The fraction of sp³-hybridized carbons (Fsp3) is 0.400. The van der Waals surface area contributed by atoms with Crippen molar-refractivity contribution in [1.82, 2.24) is 9.97 Å². The van der Waals surface area contributed by atoms with E-state index in [1.165, 1.54) is 0 Å². The maximum Gasteiger partial charge on any atom is 0.373 e. The van der Waals surface area contributed by atoms with Gasteiger partial charge in [0.2, 0.25) is 5.88 Å². The van der Waals surface area contributed by atoms with Crippen LogP contribution in [0.2, 0.25) is 0 Å². The van der Waals surface area contributed by atoms with Crippen molar-refractivity contribution in [3.63, 3.8) is 0 Å². The molecular weight excluding hydrogens is 302 g/mol. The quantitative estimate of drug-likeness (QED) is 0.864. The predicted molar refractivity (Wildman–Crippen MR) is 82.0 cm³/mol. The SMILES string of the molecule is Cc1csc(N2CCC(Oc3ccccn3)CC2)n1.O=C=O. The minimum Gasteiger partial charge on any atom is -0.474 e. The number of hydrogen-bond donors (Lipinski definition) is 0. The Kier molecular flexibility index (Phi) is 6.06. The lowest BCUT2D eigenvalue weighted by atomic mass is 10.1. The van der Waals surface area contributed by atoms with Crippen LogP contribution in [0.5, 0.6) is 5.88 Å². The standard InChI is InChI=1S/C14H17N3OS.CO2/c1-11-10-19-14(16-11)17-8-5-12(6-9-17)18-13-4-2-3-7-15-13;2-1-3/h2-4,7,10,12H,5-6,8-9H2,1H3;. The second kappa shape index (κ2) is 8.26. The number of aromatic nitrogens is 2. The summed E-state index contributed by atoms with van der Waals surface area (Å²) < 4.78 is 5.89. The Morgan fingerprint density at radius 2 is 2.05 bits per heavy atom. The van der Waals surface area contributed by atoms with Crippen LogP contribution in [-0.4, -0.2) is 35.3 Å². The fourth-order valence-corrected chi connectivity index (χ4v) is 3.10. The molecule has 7 heteroatoms. The molecular formula is C15H17N3O3S. The number of aryl methyl sites for hydroxylation is 1. The van der Waals surface area contributed by atoms with E-state index in [9.17, 15) is 0 Å². The van der Waals surface area contributed by atoms with E-state index in [-0.39, 0.29) is 12.3 Å². The molecule has 6 nitrogen and oxygen atoms in total. The average Bonchev–Trinajstić information content (AvgIpc) is 2.96. The second-order valence-corrected chi connectivity index (χ2v) is 5.66. The number of ether oxygens (including phenoxy) is 1. The summed E-state index contributed by atoms with van der Waals surface area (Å²) in [5.74, 6) is 0.728. The van der Waals surface area contributed by atoms with Crippen molar-refractivity contribution in [2.24, 2.45) is 0 Å². The van der Waals surface area contributed by atoms with Gasteiger partial charge in [0.1, 0.15) is 6.10 Å². The summed E-state index contributed by atoms with van der Waals surface area (Å²) in [5, 5.41) is 3.24. The van der Waals surface area contributed by atoms with E-state index in [1.807, 2.05) is 25.1 Å². The van der Waals surface area contributed by atoms with E-state index < -0.39 is 0 Å². The molecule has 0 aromatic carbocycles. The molecule has 0 unspecified atom stereocenters. The van der Waals surface area contributed by atoms with Crippen molar-refractivity contribution in [2.45, 2.75) is 25.9 Å². The molecule has 1 aliphatic rings. The molecule has 1 aliphatic heterocycles. The average molecular weight is 319 g/mol. The molecule has 3 heterocycles. The Morgan fingerprint density at radius 3 is 2.59 bits per heavy atom. The van der Waals surface area contributed by atoms with Crippen molar-refractivity contribution >= 4 is 22.6 Å². The molecule has 0 saturated carbocycles. The number of nitrogens with zero attached hydrogens (tertiary/aromatic N) is 3. The van der Waals surface area contributed by atoms with Gasteiger partial charge in [0.25, 0.3) is 0 Å². The van der Waals surface area contributed by atoms with E-state index in [4.69, 9.17) is 14.3 Å². The minimum atomic E-state index is 0.250. The third-order valence-electron chi connectivity index (χ3n) is 3.24. The largest absolute Gasteiger partial charge is 0.474 e. The molecule has 2 aromatic heterocycles. The van der Waals surface area contributed by atoms with E-state index in [1.54, 1.807) is 17.5 Å². The summed E-state index contributed by atoms with van der Waals surface area (Å²) in [6, 6.07) is 5.77. The second-order valence-electron chi connectivity index (χ2n) is 4.83. The van der Waals surface area contributed by atoms with Crippen LogP contribution in [0.15, 0.2) is 29.8 Å². The molecule has 0 spiro atoms. The van der Waals surface area contributed by atoms with Gasteiger partial charge in [0.05, 0.1) is 5.69 Å². The summed E-state index contributed by atoms with van der Waals surface area (Å²) >= 11 is 1.72. The number of thiazole rings is 1. The number of pyridine rings is 1. The van der Waals surface area contributed by atoms with Gasteiger partial charge in [-0.1, -0.05) is 6.07 Å². The van der Waals surface area contributed by atoms with Crippen LogP contribution < -0.4 is 9.64 Å². The Morgan fingerprint density at radius 1 is 1.32 bits per heavy atom. The Labute approximate surface area is 132 Å². The van der Waals surface area contributed by atoms with E-state index in [2.05, 4.69) is 20.2 Å². The van der Waals surface area contributed by atoms with E-state index in [0.29, 0.717) is 0 Å². The number of rotatable bonds is 3. The fourth-order valence-electron chi connectivity index (χ4n) is 2.24. The molecule has 0 N–H and O–H groups in total. The van der Waals surface area contributed by atoms with E-state index in [0.717, 1.165) is 42.6 Å². The maximum absolute atomic E-state index is 8.12. The number of piperidine rings is 1. The highest BCUT2D eigenvalue weighted by atomic mass is 32.1. The van der Waals surface area contributed by atoms with Crippen LogP contribution in [0.25, 0.3) is 0 Å². The van der Waals surface area contributed by atoms with Gasteiger partial charge in [-0.05, 0) is 13.0 Å². The molecule has 0 atom stereocenters. The zero-order valence-electron chi connectivity index (χ0n) is 12.3. The van der Waals surface area contributed by atoms with Crippen LogP contribution in [0.4, 0.5) is 5.13 Å². The smallest absolute Gasteiger partial charge is 0.373 e. The zero-order valence-corrected chi connectivity index (χ0v) is 13.1. The van der Waals surface area contributed by atoms with Gasteiger partial charge < -0.3 is 9.64 Å². The molecule has 0 aliphatic carbocycles. The number of hydrogen-bond acceptors (Lipinski definition) is 7.